The summed E-state index contributed by atoms with van der Waals surface area (Å²) < 4.78 is 17.4. The molecule has 3 aromatic rings. The summed E-state index contributed by atoms with van der Waals surface area (Å²) in [6.07, 6.45) is 1.65. The summed E-state index contributed by atoms with van der Waals surface area (Å²) in [6.45, 7) is 3.76. The monoisotopic (exact) mass is 406 g/mol. The van der Waals surface area contributed by atoms with Gasteiger partial charge in [-0.25, -0.2) is 0 Å². The van der Waals surface area contributed by atoms with Crippen molar-refractivity contribution < 1.29 is 19.0 Å². The average molecular weight is 406 g/mol. The molecule has 0 unspecified atom stereocenters. The number of amides is 1. The van der Waals surface area contributed by atoms with Gasteiger partial charge in [-0.05, 0) is 55.3 Å². The molecule has 1 aliphatic rings. The Balaban J connectivity index is 1.64. The predicted molar refractivity (Wildman–Crippen MR) is 112 cm³/mol. The van der Waals surface area contributed by atoms with Gasteiger partial charge in [0.2, 0.25) is 6.79 Å². The lowest BCUT2D eigenvalue weighted by Crippen LogP contribution is -2.34. The first kappa shape index (κ1) is 19.6. The highest BCUT2D eigenvalue weighted by Crippen LogP contribution is 2.33. The van der Waals surface area contributed by atoms with Gasteiger partial charge in [0.25, 0.3) is 11.5 Å². The first-order chi connectivity index (χ1) is 14.5. The van der Waals surface area contributed by atoms with Crippen molar-refractivity contribution in [1.82, 2.24) is 9.88 Å². The third kappa shape index (κ3) is 3.61. The van der Waals surface area contributed by atoms with E-state index in [0.717, 1.165) is 5.56 Å². The second-order valence-electron chi connectivity index (χ2n) is 7.06. The minimum atomic E-state index is -0.428. The highest BCUT2D eigenvalue weighted by atomic mass is 16.7. The number of nitrogens with zero attached hydrogens (tertiary/aromatic N) is 1. The van der Waals surface area contributed by atoms with Crippen LogP contribution in [-0.4, -0.2) is 24.4 Å². The van der Waals surface area contributed by atoms with Crippen LogP contribution in [-0.2, 0) is 0 Å². The van der Waals surface area contributed by atoms with Crippen LogP contribution in [0.1, 0.15) is 34.5 Å². The lowest BCUT2D eigenvalue weighted by atomic mass is 10.1. The zero-order valence-corrected chi connectivity index (χ0v) is 17.0. The number of fused-ring (bicyclic) bond motifs is 1. The normalized spacial score (nSPS) is 13.0. The highest BCUT2D eigenvalue weighted by molar-refractivity contribution is 5.95. The van der Waals surface area contributed by atoms with Gasteiger partial charge in [-0.15, -0.1) is 0 Å². The number of benzene rings is 2. The number of aromatic nitrogens is 1. The van der Waals surface area contributed by atoms with Crippen LogP contribution in [0.4, 0.5) is 0 Å². The van der Waals surface area contributed by atoms with Gasteiger partial charge in [-0.2, -0.15) is 0 Å². The van der Waals surface area contributed by atoms with Crippen LogP contribution < -0.4 is 25.1 Å². The van der Waals surface area contributed by atoms with Crippen molar-refractivity contribution in [2.45, 2.75) is 19.9 Å². The number of aryl methyl sites for hydroxylation is 1. The Morgan fingerprint density at radius 1 is 1.13 bits per heavy atom. The first-order valence-electron chi connectivity index (χ1n) is 9.55. The largest absolute Gasteiger partial charge is 0.497 e. The third-order valence-corrected chi connectivity index (χ3v) is 5.10. The van der Waals surface area contributed by atoms with Gasteiger partial charge in [0, 0.05) is 12.3 Å². The van der Waals surface area contributed by atoms with Crippen LogP contribution in [0.5, 0.6) is 17.2 Å². The van der Waals surface area contributed by atoms with Gasteiger partial charge < -0.3 is 19.5 Å². The number of nitrogens with one attached hydrogen (secondary N) is 1. The topological polar surface area (TPSA) is 78.8 Å². The SMILES string of the molecule is COc1cccc([C@@H](C)NC(=O)c2c(C)ccn(-c3ccc4c(c3)OCO4)c2=O)c1. The van der Waals surface area contributed by atoms with E-state index < -0.39 is 11.5 Å². The van der Waals surface area contributed by atoms with Crippen LogP contribution in [0.2, 0.25) is 0 Å². The van der Waals surface area contributed by atoms with Crippen LogP contribution in [0, 0.1) is 6.92 Å². The van der Waals surface area contributed by atoms with Crippen LogP contribution in [0.15, 0.2) is 59.5 Å². The molecule has 0 saturated carbocycles. The van der Waals surface area contributed by atoms with E-state index in [9.17, 15) is 9.59 Å². The van der Waals surface area contributed by atoms with Crippen molar-refractivity contribution in [3.63, 3.8) is 0 Å². The minimum Gasteiger partial charge on any atom is -0.497 e. The zero-order chi connectivity index (χ0) is 21.3. The van der Waals surface area contributed by atoms with Gasteiger partial charge in [0.15, 0.2) is 11.5 Å². The number of pyridine rings is 1. The number of rotatable bonds is 5. The molecule has 2 heterocycles. The van der Waals surface area contributed by atoms with E-state index >= 15 is 0 Å². The molecule has 0 spiro atoms. The Hall–Kier alpha value is -3.74. The third-order valence-electron chi connectivity index (χ3n) is 5.10. The fourth-order valence-electron chi connectivity index (χ4n) is 3.40. The van der Waals surface area contributed by atoms with E-state index in [1.54, 1.807) is 44.5 Å². The second-order valence-corrected chi connectivity index (χ2v) is 7.06. The van der Waals surface area contributed by atoms with Crippen molar-refractivity contribution >= 4 is 5.91 Å². The van der Waals surface area contributed by atoms with Crippen LogP contribution in [0.25, 0.3) is 5.69 Å². The van der Waals surface area contributed by atoms with Crippen molar-refractivity contribution in [3.05, 3.63) is 81.8 Å². The summed E-state index contributed by atoms with van der Waals surface area (Å²) >= 11 is 0. The fourth-order valence-corrected chi connectivity index (χ4v) is 3.40. The standard InChI is InChI=1S/C23H22N2O5/c1-14-9-10-25(17-7-8-19-20(12-17)30-13-29-19)23(27)21(14)22(26)24-15(2)16-5-4-6-18(11-16)28-3/h4-12,15H,13H2,1-3H3,(H,24,26)/t15-/m1/s1. The van der Waals surface area contributed by atoms with E-state index in [1.807, 2.05) is 31.2 Å². The molecule has 0 bridgehead atoms. The summed E-state index contributed by atoms with van der Waals surface area (Å²) in [5, 5.41) is 2.91. The Morgan fingerprint density at radius 2 is 1.93 bits per heavy atom. The van der Waals surface area contributed by atoms with Gasteiger partial charge >= 0.3 is 0 Å². The maximum atomic E-state index is 13.2. The Kier molecular flexibility index (Phi) is 5.18. The highest BCUT2D eigenvalue weighted by Gasteiger charge is 2.20. The van der Waals surface area contributed by atoms with Gasteiger partial charge in [-0.3, -0.25) is 14.2 Å². The number of methoxy groups -OCH3 is 1. The smallest absolute Gasteiger partial charge is 0.268 e. The fraction of sp³-hybridized carbons (Fsp3) is 0.217. The molecular weight excluding hydrogens is 384 g/mol. The second kappa shape index (κ2) is 7.94. The Morgan fingerprint density at radius 3 is 2.73 bits per heavy atom. The molecular formula is C23H22N2O5. The molecule has 1 atom stereocenters. The number of ether oxygens (including phenoxy) is 3. The van der Waals surface area contributed by atoms with Crippen LogP contribution in [0.3, 0.4) is 0 Å². The minimum absolute atomic E-state index is 0.102. The van der Waals surface area contributed by atoms with Crippen LogP contribution >= 0.6 is 0 Å². The van der Waals surface area contributed by atoms with E-state index in [0.29, 0.717) is 28.5 Å². The molecule has 0 radical (unpaired) electrons. The molecule has 7 heteroatoms. The number of hydrogen-bond acceptors (Lipinski definition) is 5. The molecule has 2 aromatic carbocycles. The van der Waals surface area contributed by atoms with E-state index in [2.05, 4.69) is 5.32 Å². The number of carbonyl (C=O) groups excluding carboxylic acids is 1. The molecule has 1 N–H and O–H groups in total. The van der Waals surface area contributed by atoms with Gasteiger partial charge in [0.05, 0.1) is 18.8 Å². The summed E-state index contributed by atoms with van der Waals surface area (Å²) in [4.78, 5) is 26.2. The lowest BCUT2D eigenvalue weighted by molar-refractivity contribution is 0.0937. The summed E-state index contributed by atoms with van der Waals surface area (Å²) in [7, 11) is 1.59. The van der Waals surface area contributed by atoms with E-state index in [4.69, 9.17) is 14.2 Å². The van der Waals surface area contributed by atoms with E-state index in [-0.39, 0.29) is 18.4 Å². The van der Waals surface area contributed by atoms with Crippen molar-refractivity contribution in [2.24, 2.45) is 0 Å². The van der Waals surface area contributed by atoms with Gasteiger partial charge in [0.1, 0.15) is 11.3 Å². The van der Waals surface area contributed by atoms with Gasteiger partial charge in [-0.1, -0.05) is 12.1 Å². The molecule has 1 aromatic heterocycles. The van der Waals surface area contributed by atoms with Crippen molar-refractivity contribution in [1.29, 1.82) is 0 Å². The quantitative estimate of drug-likeness (QED) is 0.703. The summed E-state index contributed by atoms with van der Waals surface area (Å²) in [6, 6.07) is 14.1. The maximum absolute atomic E-state index is 13.2. The molecule has 154 valence electrons. The number of carbonyl (C=O) groups is 1. The zero-order valence-electron chi connectivity index (χ0n) is 17.0. The summed E-state index contributed by atoms with van der Waals surface area (Å²) in [5.41, 5.74) is 1.79. The molecule has 0 fully saturated rings. The van der Waals surface area contributed by atoms with Crippen molar-refractivity contribution in [3.8, 4) is 22.9 Å². The Bertz CT molecular complexity index is 1170. The Labute approximate surface area is 173 Å². The molecule has 30 heavy (non-hydrogen) atoms. The number of hydrogen-bond donors (Lipinski definition) is 1. The summed E-state index contributed by atoms with van der Waals surface area (Å²) in [5.74, 6) is 1.47. The maximum Gasteiger partial charge on any atom is 0.268 e. The first-order valence-corrected chi connectivity index (χ1v) is 9.55. The molecule has 1 amide bonds. The van der Waals surface area contributed by atoms with Crippen molar-refractivity contribution in [2.75, 3.05) is 13.9 Å². The molecule has 0 saturated heterocycles. The molecule has 7 nitrogen and oxygen atoms in total. The molecule has 4 rings (SSSR count). The average Bonchev–Trinajstić information content (AvgIpc) is 3.21. The molecule has 1 aliphatic heterocycles. The van der Waals surface area contributed by atoms with E-state index in [1.165, 1.54) is 4.57 Å². The predicted octanol–water partition coefficient (Wildman–Crippen LogP) is 3.37. The molecule has 0 aliphatic carbocycles. The lowest BCUT2D eigenvalue weighted by Gasteiger charge is -2.17.